The highest BCUT2D eigenvalue weighted by Crippen LogP contribution is 2.40. The van der Waals surface area contributed by atoms with Crippen LogP contribution in [0.3, 0.4) is 0 Å². The SMILES string of the molecule is CCc1ccc(S(=O)(=O)N[C@@H]2c3cc(C(=O)N(CC)[C@@H]4CCN(Cc5ccccc5)C4)cnc3OC(C)(C)[C@H]2O)cc1. The van der Waals surface area contributed by atoms with Crippen molar-refractivity contribution in [3.63, 3.8) is 0 Å². The van der Waals surface area contributed by atoms with Crippen LogP contribution in [0.15, 0.2) is 71.8 Å². The molecule has 9 nitrogen and oxygen atoms in total. The van der Waals surface area contributed by atoms with Gasteiger partial charge in [-0.05, 0) is 62.9 Å². The standard InChI is InChI=1S/C32H40N4O5S/c1-5-22-12-14-26(15-13-22)42(39,40)34-28-27-18-24(19-33-30(27)41-32(3,4)29(28)37)31(38)36(6-2)25-16-17-35(21-25)20-23-10-8-7-9-11-23/h7-15,18-19,25,28-29,34,37H,5-6,16-17,20-21H2,1-4H3/t25-,28-,29+/m1/s1. The van der Waals surface area contributed by atoms with Gasteiger partial charge >= 0.3 is 0 Å². The summed E-state index contributed by atoms with van der Waals surface area (Å²) in [6.45, 7) is 10.3. The number of hydrogen-bond donors (Lipinski definition) is 2. The zero-order valence-electron chi connectivity index (χ0n) is 24.7. The number of nitrogens with zero attached hydrogens (tertiary/aromatic N) is 3. The van der Waals surface area contributed by atoms with Gasteiger partial charge in [0, 0.05) is 44.0 Å². The zero-order chi connectivity index (χ0) is 30.1. The third kappa shape index (κ3) is 6.22. The van der Waals surface area contributed by atoms with Gasteiger partial charge in [-0.15, -0.1) is 0 Å². The summed E-state index contributed by atoms with van der Waals surface area (Å²) in [5.41, 5.74) is 1.79. The summed E-state index contributed by atoms with van der Waals surface area (Å²) < 4.78 is 35.5. The van der Waals surface area contributed by atoms with Gasteiger partial charge in [-0.25, -0.2) is 18.1 Å². The summed E-state index contributed by atoms with van der Waals surface area (Å²) in [4.78, 5) is 22.6. The van der Waals surface area contributed by atoms with Crippen LogP contribution in [0.25, 0.3) is 0 Å². The molecule has 42 heavy (non-hydrogen) atoms. The van der Waals surface area contributed by atoms with Gasteiger partial charge in [0.2, 0.25) is 15.9 Å². The van der Waals surface area contributed by atoms with Crippen molar-refractivity contribution < 1.29 is 23.1 Å². The van der Waals surface area contributed by atoms with Gasteiger partial charge in [0.25, 0.3) is 5.91 Å². The predicted molar refractivity (Wildman–Crippen MR) is 161 cm³/mol. The molecule has 1 fully saturated rings. The van der Waals surface area contributed by atoms with Gasteiger partial charge in [-0.2, -0.15) is 0 Å². The summed E-state index contributed by atoms with van der Waals surface area (Å²) in [6, 6.07) is 17.5. The Balaban J connectivity index is 1.39. The van der Waals surface area contributed by atoms with Crippen molar-refractivity contribution in [1.29, 1.82) is 0 Å². The molecule has 3 aromatic rings. The number of nitrogens with one attached hydrogen (secondary N) is 1. The number of fused-ring (bicyclic) bond motifs is 1. The van der Waals surface area contributed by atoms with Crippen LogP contribution in [0.5, 0.6) is 5.88 Å². The van der Waals surface area contributed by atoms with Gasteiger partial charge in [-0.3, -0.25) is 9.69 Å². The highest BCUT2D eigenvalue weighted by atomic mass is 32.2. The van der Waals surface area contributed by atoms with E-state index in [1.807, 2.05) is 36.9 Å². The minimum Gasteiger partial charge on any atom is -0.469 e. The molecule has 2 N–H and O–H groups in total. The minimum atomic E-state index is -4.00. The average Bonchev–Trinajstić information content (AvgIpc) is 3.43. The van der Waals surface area contributed by atoms with E-state index < -0.39 is 27.8 Å². The van der Waals surface area contributed by atoms with Crippen molar-refractivity contribution in [2.24, 2.45) is 0 Å². The maximum atomic E-state index is 13.8. The number of amides is 1. The molecule has 0 unspecified atom stereocenters. The summed E-state index contributed by atoms with van der Waals surface area (Å²) in [5.74, 6) is 0.00396. The van der Waals surface area contributed by atoms with Crippen LogP contribution in [0, 0.1) is 0 Å². The number of likely N-dealkylation sites (tertiary alicyclic amines) is 1. The lowest BCUT2D eigenvalue weighted by Gasteiger charge is -2.41. The fourth-order valence-electron chi connectivity index (χ4n) is 5.83. The Kier molecular flexibility index (Phi) is 8.71. The molecule has 5 rings (SSSR count). The van der Waals surface area contributed by atoms with Gasteiger partial charge in [-0.1, -0.05) is 49.4 Å². The number of aromatic nitrogens is 1. The number of aryl methyl sites for hydroxylation is 1. The summed E-state index contributed by atoms with van der Waals surface area (Å²) >= 11 is 0. The van der Waals surface area contributed by atoms with E-state index in [1.54, 1.807) is 44.2 Å². The highest BCUT2D eigenvalue weighted by Gasteiger charge is 2.46. The van der Waals surface area contributed by atoms with E-state index in [2.05, 4.69) is 26.7 Å². The topological polar surface area (TPSA) is 112 Å². The van der Waals surface area contributed by atoms with E-state index >= 15 is 0 Å². The Morgan fingerprint density at radius 2 is 1.83 bits per heavy atom. The van der Waals surface area contributed by atoms with Crippen molar-refractivity contribution in [3.05, 3.63) is 89.1 Å². The second-order valence-electron chi connectivity index (χ2n) is 11.6. The number of likely N-dealkylation sites (N-methyl/N-ethyl adjacent to an activating group) is 1. The number of benzene rings is 2. The van der Waals surface area contributed by atoms with E-state index in [9.17, 15) is 18.3 Å². The quantitative estimate of drug-likeness (QED) is 0.387. The summed E-state index contributed by atoms with van der Waals surface area (Å²) in [5, 5.41) is 11.3. The van der Waals surface area contributed by atoms with Crippen LogP contribution in [-0.4, -0.2) is 71.6 Å². The van der Waals surface area contributed by atoms with Crippen molar-refractivity contribution >= 4 is 15.9 Å². The van der Waals surface area contributed by atoms with Crippen molar-refractivity contribution in [2.75, 3.05) is 19.6 Å². The number of aliphatic hydroxyl groups is 1. The molecule has 0 bridgehead atoms. The Bertz CT molecular complexity index is 1510. The maximum Gasteiger partial charge on any atom is 0.255 e. The third-order valence-electron chi connectivity index (χ3n) is 8.31. The van der Waals surface area contributed by atoms with E-state index in [-0.39, 0.29) is 22.7 Å². The van der Waals surface area contributed by atoms with E-state index in [0.29, 0.717) is 17.7 Å². The molecule has 3 atom stereocenters. The van der Waals surface area contributed by atoms with Crippen LogP contribution in [0.4, 0.5) is 0 Å². The minimum absolute atomic E-state index is 0.0448. The Morgan fingerprint density at radius 1 is 1.12 bits per heavy atom. The molecule has 2 aliphatic rings. The van der Waals surface area contributed by atoms with Crippen LogP contribution in [0.2, 0.25) is 0 Å². The number of ether oxygens (including phenoxy) is 1. The number of carbonyl (C=O) groups excluding carboxylic acids is 1. The van der Waals surface area contributed by atoms with Crippen LogP contribution < -0.4 is 9.46 Å². The molecule has 0 saturated carbocycles. The fraction of sp³-hybridized carbons (Fsp3) is 0.438. The molecule has 0 radical (unpaired) electrons. The van der Waals surface area contributed by atoms with E-state index in [1.165, 1.54) is 11.8 Å². The molecular formula is C32H40N4O5S. The number of rotatable bonds is 9. The number of aliphatic hydroxyl groups excluding tert-OH is 1. The van der Waals surface area contributed by atoms with Crippen molar-refractivity contribution in [3.8, 4) is 5.88 Å². The van der Waals surface area contributed by atoms with E-state index in [4.69, 9.17) is 4.74 Å². The lowest BCUT2D eigenvalue weighted by atomic mass is 9.88. The molecule has 1 amide bonds. The highest BCUT2D eigenvalue weighted by molar-refractivity contribution is 7.89. The van der Waals surface area contributed by atoms with Gasteiger partial charge in [0.05, 0.1) is 16.5 Å². The lowest BCUT2D eigenvalue weighted by Crippen LogP contribution is -2.53. The lowest BCUT2D eigenvalue weighted by molar-refractivity contribution is -0.0632. The first kappa shape index (κ1) is 30.2. The predicted octanol–water partition coefficient (Wildman–Crippen LogP) is 3.93. The smallest absolute Gasteiger partial charge is 0.255 e. The van der Waals surface area contributed by atoms with Crippen molar-refractivity contribution in [1.82, 2.24) is 19.5 Å². The first-order valence-corrected chi connectivity index (χ1v) is 16.1. The fourth-order valence-corrected chi connectivity index (χ4v) is 7.05. The monoisotopic (exact) mass is 592 g/mol. The third-order valence-corrected chi connectivity index (χ3v) is 9.77. The first-order valence-electron chi connectivity index (χ1n) is 14.6. The van der Waals surface area contributed by atoms with Crippen molar-refractivity contribution in [2.45, 2.75) is 75.8 Å². The molecule has 0 spiro atoms. The number of pyridine rings is 1. The number of carbonyl (C=O) groups is 1. The molecule has 2 aromatic carbocycles. The van der Waals surface area contributed by atoms with Crippen LogP contribution >= 0.6 is 0 Å². The van der Waals surface area contributed by atoms with Gasteiger partial charge in [0.15, 0.2) is 0 Å². The second-order valence-corrected chi connectivity index (χ2v) is 13.3. The molecule has 1 saturated heterocycles. The van der Waals surface area contributed by atoms with Gasteiger partial charge < -0.3 is 14.7 Å². The largest absolute Gasteiger partial charge is 0.469 e. The van der Waals surface area contributed by atoms with Gasteiger partial charge in [0.1, 0.15) is 11.7 Å². The molecular weight excluding hydrogens is 552 g/mol. The zero-order valence-corrected chi connectivity index (χ0v) is 25.5. The summed E-state index contributed by atoms with van der Waals surface area (Å²) in [6.07, 6.45) is 1.89. The number of hydrogen-bond acceptors (Lipinski definition) is 7. The van der Waals surface area contributed by atoms with Crippen LogP contribution in [-0.2, 0) is 23.0 Å². The maximum absolute atomic E-state index is 13.8. The molecule has 10 heteroatoms. The second kappa shape index (κ2) is 12.1. The average molecular weight is 593 g/mol. The Labute approximate surface area is 248 Å². The Morgan fingerprint density at radius 3 is 2.50 bits per heavy atom. The first-order chi connectivity index (χ1) is 20.0. The normalized spacial score (nSPS) is 21.9. The molecule has 224 valence electrons. The Hall–Kier alpha value is -3.31. The van der Waals surface area contributed by atoms with E-state index in [0.717, 1.165) is 38.0 Å². The molecule has 2 aliphatic heterocycles. The molecule has 3 heterocycles. The number of sulfonamides is 1. The molecule has 1 aromatic heterocycles. The van der Waals surface area contributed by atoms with Crippen LogP contribution in [0.1, 0.15) is 67.2 Å². The summed E-state index contributed by atoms with van der Waals surface area (Å²) in [7, 11) is -4.00. The molecule has 0 aliphatic carbocycles.